The summed E-state index contributed by atoms with van der Waals surface area (Å²) in [5, 5.41) is 3.67. The maximum absolute atomic E-state index is 13.4. The fourth-order valence-corrected chi connectivity index (χ4v) is 4.43. The van der Waals surface area contributed by atoms with Crippen LogP contribution in [0.25, 0.3) is 0 Å². The average molecular weight is 514 g/mol. The molecule has 7 nitrogen and oxygen atoms in total. The van der Waals surface area contributed by atoms with Gasteiger partial charge in [0.05, 0.1) is 11.9 Å². The first-order chi connectivity index (χ1) is 15.5. The van der Waals surface area contributed by atoms with Crippen molar-refractivity contribution in [3.05, 3.63) is 64.1 Å². The molecule has 0 saturated heterocycles. The zero-order valence-electron chi connectivity index (χ0n) is 18.9. The minimum absolute atomic E-state index is 0.0922. The summed E-state index contributed by atoms with van der Waals surface area (Å²) in [5.41, 5.74) is 0.985. The molecule has 2 amide bonds. The molecule has 0 aliphatic heterocycles. The number of sulfonamides is 1. The van der Waals surface area contributed by atoms with Gasteiger partial charge in [-0.1, -0.05) is 54.7 Å². The van der Waals surface area contributed by atoms with E-state index in [1.807, 2.05) is 6.92 Å². The molecule has 2 rings (SSSR count). The summed E-state index contributed by atoms with van der Waals surface area (Å²) in [7, 11) is -3.80. The Labute approximate surface area is 205 Å². The summed E-state index contributed by atoms with van der Waals surface area (Å²) in [5.74, 6) is -0.842. The van der Waals surface area contributed by atoms with Gasteiger partial charge in [-0.25, -0.2) is 8.42 Å². The molecular weight excluding hydrogens is 485 g/mol. The molecule has 0 saturated carbocycles. The number of hydrogen-bond donors (Lipinski definition) is 1. The lowest BCUT2D eigenvalue weighted by atomic mass is 10.1. The second kappa shape index (κ2) is 12.3. The van der Waals surface area contributed by atoms with Gasteiger partial charge in [-0.15, -0.1) is 0 Å². The van der Waals surface area contributed by atoms with E-state index in [1.54, 1.807) is 49.4 Å². The third kappa shape index (κ3) is 8.21. The number of hydrogen-bond acceptors (Lipinski definition) is 4. The van der Waals surface area contributed by atoms with E-state index in [1.165, 1.54) is 11.0 Å². The van der Waals surface area contributed by atoms with Crippen molar-refractivity contribution in [1.82, 2.24) is 10.2 Å². The Morgan fingerprint density at radius 1 is 1.06 bits per heavy atom. The molecule has 180 valence electrons. The minimum Gasteiger partial charge on any atom is -0.354 e. The molecule has 2 aromatic rings. The van der Waals surface area contributed by atoms with Crippen LogP contribution in [0, 0.1) is 0 Å². The van der Waals surface area contributed by atoms with Gasteiger partial charge in [0.15, 0.2) is 0 Å². The summed E-state index contributed by atoms with van der Waals surface area (Å²) < 4.78 is 26.0. The Morgan fingerprint density at radius 2 is 1.70 bits per heavy atom. The molecule has 0 aliphatic rings. The maximum atomic E-state index is 13.4. The lowest BCUT2D eigenvalue weighted by Crippen LogP contribution is -2.51. The number of unbranched alkanes of at least 4 members (excludes halogenated alkanes) is 1. The fourth-order valence-electron chi connectivity index (χ4n) is 3.20. The van der Waals surface area contributed by atoms with Crippen molar-refractivity contribution in [1.29, 1.82) is 0 Å². The lowest BCUT2D eigenvalue weighted by Gasteiger charge is -2.31. The molecule has 0 heterocycles. The summed E-state index contributed by atoms with van der Waals surface area (Å²) >= 11 is 12.1. The highest BCUT2D eigenvalue weighted by molar-refractivity contribution is 7.92. The average Bonchev–Trinajstić information content (AvgIpc) is 2.74. The second-order valence-corrected chi connectivity index (χ2v) is 10.5. The highest BCUT2D eigenvalue weighted by atomic mass is 35.5. The number of amides is 2. The van der Waals surface area contributed by atoms with Gasteiger partial charge in [0.1, 0.15) is 12.6 Å². The van der Waals surface area contributed by atoms with Crippen LogP contribution < -0.4 is 9.62 Å². The van der Waals surface area contributed by atoms with E-state index in [2.05, 4.69) is 5.32 Å². The van der Waals surface area contributed by atoms with Crippen LogP contribution in [-0.4, -0.2) is 50.5 Å². The molecular formula is C23H29Cl2N3O4S. The van der Waals surface area contributed by atoms with E-state index in [0.29, 0.717) is 16.6 Å². The number of rotatable bonds is 11. The minimum atomic E-state index is -3.80. The number of halogens is 2. The first-order valence-electron chi connectivity index (χ1n) is 10.6. The summed E-state index contributed by atoms with van der Waals surface area (Å²) in [6.07, 6.45) is 2.75. The van der Waals surface area contributed by atoms with Gasteiger partial charge in [0, 0.05) is 23.1 Å². The highest BCUT2D eigenvalue weighted by Gasteiger charge is 2.30. The first-order valence-corrected chi connectivity index (χ1v) is 13.2. The van der Waals surface area contributed by atoms with E-state index in [4.69, 9.17) is 23.2 Å². The van der Waals surface area contributed by atoms with Gasteiger partial charge in [0.2, 0.25) is 21.8 Å². The van der Waals surface area contributed by atoms with Crippen LogP contribution in [0.4, 0.5) is 5.69 Å². The quantitative estimate of drug-likeness (QED) is 0.458. The van der Waals surface area contributed by atoms with Crippen molar-refractivity contribution in [2.75, 3.05) is 23.7 Å². The zero-order chi connectivity index (χ0) is 24.6. The molecule has 0 fully saturated rings. The van der Waals surface area contributed by atoms with Crippen LogP contribution in [-0.2, 0) is 26.2 Å². The number of carbonyl (C=O) groups excluding carboxylic acids is 2. The predicted octanol–water partition coefficient (Wildman–Crippen LogP) is 4.09. The van der Waals surface area contributed by atoms with E-state index in [-0.39, 0.29) is 18.1 Å². The van der Waals surface area contributed by atoms with Crippen molar-refractivity contribution in [3.63, 3.8) is 0 Å². The Kier molecular flexibility index (Phi) is 10.0. The molecule has 0 aliphatic carbocycles. The number of carbonyl (C=O) groups is 2. The Morgan fingerprint density at radius 3 is 2.27 bits per heavy atom. The smallest absolute Gasteiger partial charge is 0.244 e. The Balaban J connectivity index is 2.34. The van der Waals surface area contributed by atoms with Crippen molar-refractivity contribution in [3.8, 4) is 0 Å². The van der Waals surface area contributed by atoms with Gasteiger partial charge < -0.3 is 10.2 Å². The molecule has 1 atom stereocenters. The largest absolute Gasteiger partial charge is 0.354 e. The topological polar surface area (TPSA) is 86.8 Å². The Hall–Kier alpha value is -2.29. The maximum Gasteiger partial charge on any atom is 0.244 e. The molecule has 1 N–H and O–H groups in total. The van der Waals surface area contributed by atoms with Crippen molar-refractivity contribution in [2.45, 2.75) is 39.3 Å². The third-order valence-corrected chi connectivity index (χ3v) is 6.62. The van der Waals surface area contributed by atoms with Crippen molar-refractivity contribution >= 4 is 50.7 Å². The standard InChI is InChI=1S/C23H29Cl2N3O4S/c1-4-5-12-26-23(30)17(2)27(15-18-8-6-9-19(24)13-18)22(29)16-28(33(3,31)32)21-11-7-10-20(25)14-21/h6-11,13-14,17H,4-5,12,15-16H2,1-3H3,(H,26,30)/t17-/m0/s1. The zero-order valence-corrected chi connectivity index (χ0v) is 21.3. The van der Waals surface area contributed by atoms with Crippen molar-refractivity contribution < 1.29 is 18.0 Å². The van der Waals surface area contributed by atoms with Crippen LogP contribution in [0.5, 0.6) is 0 Å². The number of nitrogens with zero attached hydrogens (tertiary/aromatic N) is 2. The van der Waals surface area contributed by atoms with Crippen molar-refractivity contribution in [2.24, 2.45) is 0 Å². The first kappa shape index (κ1) is 27.0. The fraction of sp³-hybridized carbons (Fsp3) is 0.391. The molecule has 0 unspecified atom stereocenters. The lowest BCUT2D eigenvalue weighted by molar-refractivity contribution is -0.139. The van der Waals surface area contributed by atoms with Gasteiger partial charge >= 0.3 is 0 Å². The molecule has 0 radical (unpaired) electrons. The van der Waals surface area contributed by atoms with Gasteiger partial charge in [-0.2, -0.15) is 0 Å². The molecule has 0 aromatic heterocycles. The molecule has 0 bridgehead atoms. The molecule has 33 heavy (non-hydrogen) atoms. The SMILES string of the molecule is CCCCNC(=O)[C@H](C)N(Cc1cccc(Cl)c1)C(=O)CN(c1cccc(Cl)c1)S(C)(=O)=O. The molecule has 10 heteroatoms. The predicted molar refractivity (Wildman–Crippen MR) is 133 cm³/mol. The van der Waals surface area contributed by atoms with E-state index >= 15 is 0 Å². The monoisotopic (exact) mass is 513 g/mol. The van der Waals surface area contributed by atoms with E-state index in [9.17, 15) is 18.0 Å². The van der Waals surface area contributed by atoms with Gasteiger partial charge in [-0.05, 0) is 49.2 Å². The van der Waals surface area contributed by atoms with E-state index < -0.39 is 28.5 Å². The Bertz CT molecular complexity index is 1080. The number of benzene rings is 2. The van der Waals surface area contributed by atoms with E-state index in [0.717, 1.165) is 29.0 Å². The van der Waals surface area contributed by atoms with Crippen LogP contribution in [0.2, 0.25) is 10.0 Å². The summed E-state index contributed by atoms with van der Waals surface area (Å²) in [6.45, 7) is 3.74. The van der Waals surface area contributed by atoms with Crippen LogP contribution in [0.15, 0.2) is 48.5 Å². The molecule has 2 aromatic carbocycles. The van der Waals surface area contributed by atoms with Crippen LogP contribution >= 0.6 is 23.2 Å². The van der Waals surface area contributed by atoms with Gasteiger partial charge in [-0.3, -0.25) is 13.9 Å². The van der Waals surface area contributed by atoms with Gasteiger partial charge in [0.25, 0.3) is 0 Å². The molecule has 0 spiro atoms. The summed E-state index contributed by atoms with van der Waals surface area (Å²) in [4.78, 5) is 27.5. The third-order valence-electron chi connectivity index (χ3n) is 5.01. The second-order valence-electron chi connectivity index (χ2n) is 7.72. The van der Waals surface area contributed by atoms with Crippen LogP contribution in [0.3, 0.4) is 0 Å². The normalized spacial score (nSPS) is 12.2. The summed E-state index contributed by atoms with van der Waals surface area (Å²) in [6, 6.07) is 12.4. The highest BCUT2D eigenvalue weighted by Crippen LogP contribution is 2.23. The number of anilines is 1. The van der Waals surface area contributed by atoms with Crippen LogP contribution in [0.1, 0.15) is 32.3 Å². The number of nitrogens with one attached hydrogen (secondary N) is 1.